The van der Waals surface area contributed by atoms with Crippen molar-refractivity contribution in [1.29, 1.82) is 0 Å². The van der Waals surface area contributed by atoms with Gasteiger partial charge in [0.1, 0.15) is 0 Å². The van der Waals surface area contributed by atoms with Crippen molar-refractivity contribution in [1.82, 2.24) is 10.0 Å². The summed E-state index contributed by atoms with van der Waals surface area (Å²) in [6.07, 6.45) is 4.87. The monoisotopic (exact) mass is 316 g/mol. The van der Waals surface area contributed by atoms with Crippen LogP contribution in [0.1, 0.15) is 18.4 Å². The Morgan fingerprint density at radius 2 is 1.80 bits per heavy atom. The molecule has 2 N–H and O–H groups in total. The summed E-state index contributed by atoms with van der Waals surface area (Å²) in [4.78, 5) is 0.343. The topological polar surface area (TPSA) is 58.2 Å². The number of likely N-dealkylation sites (N-methyl/N-ethyl adjacent to an activating group) is 1. The van der Waals surface area contributed by atoms with Crippen molar-refractivity contribution in [3.05, 3.63) is 29.8 Å². The molecule has 1 aromatic carbocycles. The predicted molar refractivity (Wildman–Crippen MR) is 86.9 cm³/mol. The van der Waals surface area contributed by atoms with Crippen LogP contribution in [-0.4, -0.2) is 40.6 Å². The minimum Gasteiger partial charge on any atom is -0.319 e. The SMILES string of the molecule is CNCCc1ccc(S(=O)(=O)NCCCCSC)cc1. The summed E-state index contributed by atoms with van der Waals surface area (Å²) in [5.41, 5.74) is 1.14. The Bertz CT molecular complexity index is 472. The van der Waals surface area contributed by atoms with Gasteiger partial charge in [0, 0.05) is 6.54 Å². The van der Waals surface area contributed by atoms with E-state index in [9.17, 15) is 8.42 Å². The number of nitrogens with one attached hydrogen (secondary N) is 2. The van der Waals surface area contributed by atoms with Gasteiger partial charge in [-0.1, -0.05) is 12.1 Å². The highest BCUT2D eigenvalue weighted by molar-refractivity contribution is 7.98. The van der Waals surface area contributed by atoms with Crippen molar-refractivity contribution in [2.75, 3.05) is 32.1 Å². The second-order valence-corrected chi connectivity index (χ2v) is 7.35. The summed E-state index contributed by atoms with van der Waals surface area (Å²) in [5.74, 6) is 1.07. The number of thioether (sulfide) groups is 1. The molecule has 0 saturated carbocycles. The molecule has 0 atom stereocenters. The second kappa shape index (κ2) is 9.39. The van der Waals surface area contributed by atoms with Gasteiger partial charge in [-0.15, -0.1) is 0 Å². The lowest BCUT2D eigenvalue weighted by Gasteiger charge is -2.07. The van der Waals surface area contributed by atoms with E-state index >= 15 is 0 Å². The molecular formula is C14H24N2O2S2. The molecule has 0 bridgehead atoms. The molecule has 0 aromatic heterocycles. The standard InChI is InChI=1S/C14H24N2O2S2/c1-15-11-9-13-5-7-14(8-6-13)20(17,18)16-10-3-4-12-19-2/h5-8,15-16H,3-4,9-12H2,1-2H3. The molecule has 1 aromatic rings. The first kappa shape index (κ1) is 17.5. The lowest BCUT2D eigenvalue weighted by molar-refractivity contribution is 0.578. The van der Waals surface area contributed by atoms with Crippen LogP contribution in [0.2, 0.25) is 0 Å². The normalized spacial score (nSPS) is 11.7. The summed E-state index contributed by atoms with van der Waals surface area (Å²) < 4.78 is 26.8. The van der Waals surface area contributed by atoms with E-state index in [0.717, 1.165) is 37.1 Å². The molecule has 6 heteroatoms. The second-order valence-electron chi connectivity index (χ2n) is 4.60. The maximum absolute atomic E-state index is 12.1. The highest BCUT2D eigenvalue weighted by atomic mass is 32.2. The van der Waals surface area contributed by atoms with Crippen molar-refractivity contribution in [3.8, 4) is 0 Å². The zero-order valence-corrected chi connectivity index (χ0v) is 13.8. The van der Waals surface area contributed by atoms with E-state index in [-0.39, 0.29) is 0 Å². The Balaban J connectivity index is 2.50. The van der Waals surface area contributed by atoms with Gasteiger partial charge in [-0.05, 0) is 62.6 Å². The molecule has 0 unspecified atom stereocenters. The van der Waals surface area contributed by atoms with E-state index < -0.39 is 10.0 Å². The Kier molecular flexibility index (Phi) is 8.21. The fourth-order valence-electron chi connectivity index (χ4n) is 1.77. The largest absolute Gasteiger partial charge is 0.319 e. The Labute approximate surface area is 126 Å². The van der Waals surface area contributed by atoms with Crippen molar-refractivity contribution < 1.29 is 8.42 Å². The molecule has 114 valence electrons. The van der Waals surface area contributed by atoms with Gasteiger partial charge in [0.15, 0.2) is 0 Å². The zero-order valence-electron chi connectivity index (χ0n) is 12.2. The average Bonchev–Trinajstić information content (AvgIpc) is 2.45. The molecule has 0 aliphatic carbocycles. The van der Waals surface area contributed by atoms with Crippen LogP contribution in [-0.2, 0) is 16.4 Å². The molecule has 20 heavy (non-hydrogen) atoms. The van der Waals surface area contributed by atoms with Crippen LogP contribution in [0.4, 0.5) is 0 Å². The van der Waals surface area contributed by atoms with Gasteiger partial charge in [-0.3, -0.25) is 0 Å². The van der Waals surface area contributed by atoms with Crippen LogP contribution >= 0.6 is 11.8 Å². The molecule has 0 radical (unpaired) electrons. The maximum Gasteiger partial charge on any atom is 0.240 e. The molecule has 0 fully saturated rings. The highest BCUT2D eigenvalue weighted by Gasteiger charge is 2.12. The lowest BCUT2D eigenvalue weighted by Crippen LogP contribution is -2.24. The summed E-state index contributed by atoms with van der Waals surface area (Å²) in [5, 5.41) is 3.07. The van der Waals surface area contributed by atoms with Crippen LogP contribution in [0, 0.1) is 0 Å². The quantitative estimate of drug-likeness (QED) is 0.647. The molecule has 0 heterocycles. The third-order valence-corrected chi connectivity index (χ3v) is 5.14. The fourth-order valence-corrected chi connectivity index (χ4v) is 3.33. The minimum atomic E-state index is -3.36. The summed E-state index contributed by atoms with van der Waals surface area (Å²) >= 11 is 1.78. The first-order valence-corrected chi connectivity index (χ1v) is 9.70. The van der Waals surface area contributed by atoms with Crippen molar-refractivity contribution in [3.63, 3.8) is 0 Å². The maximum atomic E-state index is 12.1. The van der Waals surface area contributed by atoms with Crippen molar-refractivity contribution in [2.45, 2.75) is 24.2 Å². The minimum absolute atomic E-state index is 0.343. The van der Waals surface area contributed by atoms with Crippen LogP contribution in [0.5, 0.6) is 0 Å². The van der Waals surface area contributed by atoms with Crippen molar-refractivity contribution in [2.24, 2.45) is 0 Å². The van der Waals surface area contributed by atoms with E-state index in [1.54, 1.807) is 23.9 Å². The van der Waals surface area contributed by atoms with Gasteiger partial charge >= 0.3 is 0 Å². The molecule has 0 aliphatic rings. The number of sulfonamides is 1. The summed E-state index contributed by atoms with van der Waals surface area (Å²) in [6, 6.07) is 7.10. The van der Waals surface area contributed by atoms with Crippen LogP contribution in [0.3, 0.4) is 0 Å². The number of hydrogen-bond donors (Lipinski definition) is 2. The van der Waals surface area contributed by atoms with E-state index in [1.165, 1.54) is 0 Å². The molecular weight excluding hydrogens is 292 g/mol. The molecule has 4 nitrogen and oxygen atoms in total. The third kappa shape index (κ3) is 6.26. The molecule has 0 saturated heterocycles. The van der Waals surface area contributed by atoms with Gasteiger partial charge in [0.05, 0.1) is 4.90 Å². The Morgan fingerprint density at radius 3 is 2.40 bits per heavy atom. The lowest BCUT2D eigenvalue weighted by atomic mass is 10.1. The van der Waals surface area contributed by atoms with Crippen LogP contribution in [0.25, 0.3) is 0 Å². The molecule has 0 aliphatic heterocycles. The Morgan fingerprint density at radius 1 is 1.10 bits per heavy atom. The number of unbranched alkanes of at least 4 members (excludes halogenated alkanes) is 1. The summed E-state index contributed by atoms with van der Waals surface area (Å²) in [7, 11) is -1.45. The highest BCUT2D eigenvalue weighted by Crippen LogP contribution is 2.11. The molecule has 0 spiro atoms. The first-order chi connectivity index (χ1) is 9.60. The Hall–Kier alpha value is -0.560. The first-order valence-electron chi connectivity index (χ1n) is 6.82. The third-order valence-electron chi connectivity index (χ3n) is 2.96. The van der Waals surface area contributed by atoms with Crippen molar-refractivity contribution >= 4 is 21.8 Å². The molecule has 0 amide bonds. The van der Waals surface area contributed by atoms with E-state index in [0.29, 0.717) is 11.4 Å². The van der Waals surface area contributed by atoms with Gasteiger partial charge in [-0.25, -0.2) is 13.1 Å². The fraction of sp³-hybridized carbons (Fsp3) is 0.571. The van der Waals surface area contributed by atoms with Gasteiger partial charge in [0.25, 0.3) is 0 Å². The van der Waals surface area contributed by atoms with Gasteiger partial charge in [0.2, 0.25) is 10.0 Å². The van der Waals surface area contributed by atoms with E-state index in [1.807, 2.05) is 19.2 Å². The molecule has 1 rings (SSSR count). The summed E-state index contributed by atoms with van der Waals surface area (Å²) in [6.45, 7) is 1.39. The average molecular weight is 316 g/mol. The zero-order chi connectivity index (χ0) is 14.8. The van der Waals surface area contributed by atoms with Gasteiger partial charge in [-0.2, -0.15) is 11.8 Å². The predicted octanol–water partition coefficient (Wildman–Crippen LogP) is 1.87. The number of benzene rings is 1. The van der Waals surface area contributed by atoms with Crippen LogP contribution in [0.15, 0.2) is 29.2 Å². The smallest absolute Gasteiger partial charge is 0.240 e. The van der Waals surface area contributed by atoms with Gasteiger partial charge < -0.3 is 5.32 Å². The number of rotatable bonds is 10. The van der Waals surface area contributed by atoms with Crippen LogP contribution < -0.4 is 10.0 Å². The van der Waals surface area contributed by atoms with E-state index in [4.69, 9.17) is 0 Å². The number of hydrogen-bond acceptors (Lipinski definition) is 4. The van der Waals surface area contributed by atoms with E-state index in [2.05, 4.69) is 16.3 Å².